The Morgan fingerprint density at radius 3 is 2.88 bits per heavy atom. The summed E-state index contributed by atoms with van der Waals surface area (Å²) in [6.07, 6.45) is 4.29. The highest BCUT2D eigenvalue weighted by molar-refractivity contribution is 7.09. The summed E-state index contributed by atoms with van der Waals surface area (Å²) in [4.78, 5) is 18.8. The molecule has 5 heteroatoms. The summed E-state index contributed by atoms with van der Waals surface area (Å²) >= 11 is 1.66. The van der Waals surface area contributed by atoms with Crippen LogP contribution in [0.1, 0.15) is 35.5 Å². The maximum atomic E-state index is 13.0. The van der Waals surface area contributed by atoms with Crippen molar-refractivity contribution in [2.45, 2.75) is 39.0 Å². The first-order valence-corrected chi connectivity index (χ1v) is 9.41. The van der Waals surface area contributed by atoms with Gasteiger partial charge < -0.3 is 4.90 Å². The molecule has 1 aliphatic rings. The SMILES string of the molecule is Cc1nc(CCCC(=O)N2CC[C@H](Cc3ccc(F)cc3)C2)cs1. The predicted molar refractivity (Wildman–Crippen MR) is 94.6 cm³/mol. The molecule has 1 aromatic carbocycles. The highest BCUT2D eigenvalue weighted by Crippen LogP contribution is 2.22. The number of likely N-dealkylation sites (tertiary alicyclic amines) is 1. The average molecular weight is 346 g/mol. The normalized spacial score (nSPS) is 17.4. The van der Waals surface area contributed by atoms with Crippen LogP contribution >= 0.6 is 11.3 Å². The van der Waals surface area contributed by atoms with Crippen molar-refractivity contribution in [3.05, 3.63) is 51.7 Å². The molecule has 1 aliphatic heterocycles. The molecule has 1 saturated heterocycles. The molecule has 0 radical (unpaired) electrons. The van der Waals surface area contributed by atoms with Gasteiger partial charge in [0.25, 0.3) is 0 Å². The largest absolute Gasteiger partial charge is 0.342 e. The molecule has 0 N–H and O–H groups in total. The number of hydrogen-bond donors (Lipinski definition) is 0. The molecule has 24 heavy (non-hydrogen) atoms. The zero-order valence-corrected chi connectivity index (χ0v) is 14.8. The maximum absolute atomic E-state index is 13.0. The lowest BCUT2D eigenvalue weighted by Gasteiger charge is -2.16. The molecule has 0 bridgehead atoms. The summed E-state index contributed by atoms with van der Waals surface area (Å²) in [7, 11) is 0. The maximum Gasteiger partial charge on any atom is 0.222 e. The van der Waals surface area contributed by atoms with Gasteiger partial charge >= 0.3 is 0 Å². The van der Waals surface area contributed by atoms with E-state index in [1.165, 1.54) is 12.1 Å². The zero-order chi connectivity index (χ0) is 16.9. The second-order valence-corrected chi connectivity index (χ2v) is 7.60. The van der Waals surface area contributed by atoms with Gasteiger partial charge in [0.1, 0.15) is 5.82 Å². The molecule has 1 atom stereocenters. The van der Waals surface area contributed by atoms with Crippen LogP contribution < -0.4 is 0 Å². The van der Waals surface area contributed by atoms with Crippen molar-refractivity contribution in [3.8, 4) is 0 Å². The Hall–Kier alpha value is -1.75. The lowest BCUT2D eigenvalue weighted by molar-refractivity contribution is -0.130. The molecule has 3 nitrogen and oxygen atoms in total. The predicted octanol–water partition coefficient (Wildman–Crippen LogP) is 4.00. The van der Waals surface area contributed by atoms with Crippen molar-refractivity contribution in [2.24, 2.45) is 5.92 Å². The average Bonchev–Trinajstić information content (AvgIpc) is 3.19. The minimum atomic E-state index is -0.197. The second kappa shape index (κ2) is 7.88. The van der Waals surface area contributed by atoms with Crippen LogP contribution in [0.25, 0.3) is 0 Å². The van der Waals surface area contributed by atoms with E-state index < -0.39 is 0 Å². The summed E-state index contributed by atoms with van der Waals surface area (Å²) in [6.45, 7) is 3.68. The first kappa shape index (κ1) is 17.1. The fourth-order valence-corrected chi connectivity index (χ4v) is 3.93. The molecular formula is C19H23FN2OS. The van der Waals surface area contributed by atoms with Gasteiger partial charge in [-0.15, -0.1) is 11.3 Å². The van der Waals surface area contributed by atoms with E-state index in [0.717, 1.165) is 55.0 Å². The van der Waals surface area contributed by atoms with E-state index in [2.05, 4.69) is 10.4 Å². The molecule has 0 aliphatic carbocycles. The number of halogens is 1. The van der Waals surface area contributed by atoms with Crippen LogP contribution in [0.4, 0.5) is 4.39 Å². The number of rotatable bonds is 6. The van der Waals surface area contributed by atoms with Crippen LogP contribution in [-0.2, 0) is 17.6 Å². The van der Waals surface area contributed by atoms with Gasteiger partial charge in [-0.25, -0.2) is 9.37 Å². The third kappa shape index (κ3) is 4.63. The molecule has 0 spiro atoms. The summed E-state index contributed by atoms with van der Waals surface area (Å²) in [5, 5.41) is 3.16. The van der Waals surface area contributed by atoms with Crippen LogP contribution in [-0.4, -0.2) is 28.9 Å². The fraction of sp³-hybridized carbons (Fsp3) is 0.474. The smallest absolute Gasteiger partial charge is 0.222 e. The van der Waals surface area contributed by atoms with Crippen molar-refractivity contribution in [1.82, 2.24) is 9.88 Å². The lowest BCUT2D eigenvalue weighted by Crippen LogP contribution is -2.28. The number of benzene rings is 1. The molecule has 2 heterocycles. The van der Waals surface area contributed by atoms with E-state index in [0.29, 0.717) is 12.3 Å². The summed E-state index contributed by atoms with van der Waals surface area (Å²) < 4.78 is 13.0. The Balaban J connectivity index is 1.41. The third-order valence-corrected chi connectivity index (χ3v) is 5.39. The first-order valence-electron chi connectivity index (χ1n) is 8.53. The molecular weight excluding hydrogens is 323 g/mol. The minimum absolute atomic E-state index is 0.197. The van der Waals surface area contributed by atoms with Gasteiger partial charge in [0.05, 0.1) is 10.7 Å². The van der Waals surface area contributed by atoms with Crippen molar-refractivity contribution in [1.29, 1.82) is 0 Å². The summed E-state index contributed by atoms with van der Waals surface area (Å²) in [5.41, 5.74) is 2.25. The lowest BCUT2D eigenvalue weighted by atomic mass is 9.99. The number of amides is 1. The monoisotopic (exact) mass is 346 g/mol. The van der Waals surface area contributed by atoms with Crippen LogP contribution in [0, 0.1) is 18.7 Å². The van der Waals surface area contributed by atoms with Crippen molar-refractivity contribution >= 4 is 17.2 Å². The van der Waals surface area contributed by atoms with Gasteiger partial charge in [-0.05, 0) is 56.2 Å². The Labute approximate surface area is 146 Å². The van der Waals surface area contributed by atoms with E-state index in [9.17, 15) is 9.18 Å². The second-order valence-electron chi connectivity index (χ2n) is 6.54. The Kier molecular flexibility index (Phi) is 5.61. The van der Waals surface area contributed by atoms with Gasteiger partial charge in [-0.1, -0.05) is 12.1 Å². The number of carbonyl (C=O) groups is 1. The molecule has 0 saturated carbocycles. The van der Waals surface area contributed by atoms with E-state index in [1.54, 1.807) is 11.3 Å². The minimum Gasteiger partial charge on any atom is -0.342 e. The first-order chi connectivity index (χ1) is 11.6. The molecule has 128 valence electrons. The van der Waals surface area contributed by atoms with E-state index >= 15 is 0 Å². The van der Waals surface area contributed by atoms with E-state index in [4.69, 9.17) is 0 Å². The summed E-state index contributed by atoms with van der Waals surface area (Å²) in [5.74, 6) is 0.543. The van der Waals surface area contributed by atoms with Crippen LogP contribution in [0.15, 0.2) is 29.6 Å². The molecule has 1 aromatic heterocycles. The standard InChI is InChI=1S/C19H23FN2OS/c1-14-21-18(13-24-14)3-2-4-19(23)22-10-9-16(12-22)11-15-5-7-17(20)8-6-15/h5-8,13,16H,2-4,9-12H2,1H3/t16-/m1/s1. The van der Waals surface area contributed by atoms with Gasteiger partial charge in [-0.2, -0.15) is 0 Å². The van der Waals surface area contributed by atoms with Crippen LogP contribution in [0.2, 0.25) is 0 Å². The Bertz CT molecular complexity index is 683. The Morgan fingerprint density at radius 2 is 2.17 bits per heavy atom. The topological polar surface area (TPSA) is 33.2 Å². The zero-order valence-electron chi connectivity index (χ0n) is 14.0. The number of aromatic nitrogens is 1. The van der Waals surface area contributed by atoms with Crippen LogP contribution in [0.5, 0.6) is 0 Å². The molecule has 3 rings (SSSR count). The molecule has 1 fully saturated rings. The van der Waals surface area contributed by atoms with Crippen LogP contribution in [0.3, 0.4) is 0 Å². The number of nitrogens with zero attached hydrogens (tertiary/aromatic N) is 2. The molecule has 1 amide bonds. The molecule has 2 aromatic rings. The highest BCUT2D eigenvalue weighted by Gasteiger charge is 2.25. The van der Waals surface area contributed by atoms with E-state index in [-0.39, 0.29) is 11.7 Å². The highest BCUT2D eigenvalue weighted by atomic mass is 32.1. The van der Waals surface area contributed by atoms with Crippen molar-refractivity contribution in [2.75, 3.05) is 13.1 Å². The number of aryl methyl sites for hydroxylation is 2. The fourth-order valence-electron chi connectivity index (χ4n) is 3.28. The molecule has 0 unspecified atom stereocenters. The quantitative estimate of drug-likeness (QED) is 0.792. The third-order valence-electron chi connectivity index (χ3n) is 4.57. The van der Waals surface area contributed by atoms with Gasteiger partial charge in [0, 0.05) is 24.9 Å². The summed E-state index contributed by atoms with van der Waals surface area (Å²) in [6, 6.07) is 6.70. The van der Waals surface area contributed by atoms with Gasteiger partial charge in [0.2, 0.25) is 5.91 Å². The van der Waals surface area contributed by atoms with Crippen molar-refractivity contribution in [3.63, 3.8) is 0 Å². The number of thiazole rings is 1. The van der Waals surface area contributed by atoms with Crippen molar-refractivity contribution < 1.29 is 9.18 Å². The Morgan fingerprint density at radius 1 is 1.38 bits per heavy atom. The van der Waals surface area contributed by atoms with E-state index in [1.807, 2.05) is 24.0 Å². The number of carbonyl (C=O) groups excluding carboxylic acids is 1. The van der Waals surface area contributed by atoms with Gasteiger partial charge in [-0.3, -0.25) is 4.79 Å². The number of hydrogen-bond acceptors (Lipinski definition) is 3. The van der Waals surface area contributed by atoms with Gasteiger partial charge in [0.15, 0.2) is 0 Å².